The molecule has 0 radical (unpaired) electrons. The van der Waals surface area contributed by atoms with Crippen LogP contribution in [-0.4, -0.2) is 17.1 Å². The number of nitrogens with zero attached hydrogens (tertiary/aromatic N) is 2. The number of carbonyl (C=O) groups excluding carboxylic acids is 1. The summed E-state index contributed by atoms with van der Waals surface area (Å²) in [5.74, 6) is -0.838. The van der Waals surface area contributed by atoms with Crippen molar-refractivity contribution < 1.29 is 22.7 Å². The molecule has 1 heterocycles. The van der Waals surface area contributed by atoms with Crippen molar-refractivity contribution >= 4 is 33.5 Å². The molecule has 4 nitrogen and oxygen atoms in total. The summed E-state index contributed by atoms with van der Waals surface area (Å²) in [4.78, 5) is 11.8. The van der Waals surface area contributed by atoms with Crippen molar-refractivity contribution in [3.8, 4) is 17.3 Å². The quantitative estimate of drug-likeness (QED) is 0.633. The average molecular weight is 436 g/mol. The highest BCUT2D eigenvalue weighted by molar-refractivity contribution is 9.10. The first-order valence-corrected chi connectivity index (χ1v) is 8.18. The Balaban J connectivity index is 2.77. The molecule has 0 saturated heterocycles. The fourth-order valence-corrected chi connectivity index (χ4v) is 3.21. The standard InChI is InChI=1S/C16H11BrClF3N2O2/c1-2-25-12(24)8-23-14(9-3-5-10(18)6-4-9)11(7-22)13(17)15(23)16(19,20)21/h3-6H,2,8H2,1H3. The topological polar surface area (TPSA) is 55.0 Å². The van der Waals surface area contributed by atoms with Gasteiger partial charge in [0.15, 0.2) is 0 Å². The van der Waals surface area contributed by atoms with Crippen molar-refractivity contribution in [2.45, 2.75) is 19.6 Å². The van der Waals surface area contributed by atoms with Gasteiger partial charge in [0, 0.05) is 5.02 Å². The van der Waals surface area contributed by atoms with Crippen LogP contribution in [0, 0.1) is 11.3 Å². The zero-order chi connectivity index (χ0) is 18.8. The first kappa shape index (κ1) is 19.3. The number of esters is 1. The van der Waals surface area contributed by atoms with Gasteiger partial charge in [-0.3, -0.25) is 4.79 Å². The Bertz CT molecular complexity index is 839. The molecule has 0 spiro atoms. The highest BCUT2D eigenvalue weighted by Crippen LogP contribution is 2.43. The lowest BCUT2D eigenvalue weighted by Crippen LogP contribution is -2.20. The SMILES string of the molecule is CCOC(=O)Cn1c(-c2ccc(Cl)cc2)c(C#N)c(Br)c1C(F)(F)F. The summed E-state index contributed by atoms with van der Waals surface area (Å²) in [6.07, 6.45) is -4.78. The molecule has 0 bridgehead atoms. The maximum absolute atomic E-state index is 13.5. The van der Waals surface area contributed by atoms with Gasteiger partial charge >= 0.3 is 12.1 Å². The molecule has 2 rings (SSSR count). The maximum Gasteiger partial charge on any atom is 0.432 e. The van der Waals surface area contributed by atoms with E-state index in [1.807, 2.05) is 0 Å². The highest BCUT2D eigenvalue weighted by atomic mass is 79.9. The lowest BCUT2D eigenvalue weighted by Gasteiger charge is -2.15. The van der Waals surface area contributed by atoms with Gasteiger partial charge in [0.05, 0.1) is 22.3 Å². The molecule has 9 heteroatoms. The molecular weight excluding hydrogens is 425 g/mol. The van der Waals surface area contributed by atoms with Crippen molar-refractivity contribution in [1.29, 1.82) is 5.26 Å². The third-order valence-corrected chi connectivity index (χ3v) is 4.32. The van der Waals surface area contributed by atoms with Crippen molar-refractivity contribution in [3.63, 3.8) is 0 Å². The fourth-order valence-electron chi connectivity index (χ4n) is 2.37. The van der Waals surface area contributed by atoms with Crippen molar-refractivity contribution in [3.05, 3.63) is 45.0 Å². The molecule has 25 heavy (non-hydrogen) atoms. The van der Waals surface area contributed by atoms with Crippen molar-refractivity contribution in [2.75, 3.05) is 6.61 Å². The Morgan fingerprint density at radius 3 is 2.44 bits per heavy atom. The molecule has 1 aromatic heterocycles. The van der Waals surface area contributed by atoms with Gasteiger partial charge in [-0.1, -0.05) is 23.7 Å². The number of carbonyl (C=O) groups is 1. The minimum Gasteiger partial charge on any atom is -0.465 e. The van der Waals surface area contributed by atoms with E-state index >= 15 is 0 Å². The third-order valence-electron chi connectivity index (χ3n) is 3.29. The highest BCUT2D eigenvalue weighted by Gasteiger charge is 2.41. The van der Waals surface area contributed by atoms with Gasteiger partial charge in [0.25, 0.3) is 0 Å². The first-order valence-electron chi connectivity index (χ1n) is 7.01. The van der Waals surface area contributed by atoms with E-state index in [-0.39, 0.29) is 17.9 Å². The molecule has 1 aromatic carbocycles. The normalized spacial score (nSPS) is 11.2. The summed E-state index contributed by atoms with van der Waals surface area (Å²) in [6, 6.07) is 7.69. The lowest BCUT2D eigenvalue weighted by molar-refractivity contribution is -0.148. The molecule has 0 amide bonds. The zero-order valence-electron chi connectivity index (χ0n) is 12.8. The van der Waals surface area contributed by atoms with Gasteiger partial charge in [-0.25, -0.2) is 0 Å². The molecule has 0 saturated carbocycles. The number of benzene rings is 1. The summed E-state index contributed by atoms with van der Waals surface area (Å²) in [7, 11) is 0. The first-order chi connectivity index (χ1) is 11.7. The van der Waals surface area contributed by atoms with Crippen molar-refractivity contribution in [2.24, 2.45) is 0 Å². The summed E-state index contributed by atoms with van der Waals surface area (Å²) < 4.78 is 45.6. The van der Waals surface area contributed by atoms with Crippen LogP contribution in [0.15, 0.2) is 28.7 Å². The fraction of sp³-hybridized carbons (Fsp3) is 0.250. The minimum atomic E-state index is -4.78. The number of hydrogen-bond acceptors (Lipinski definition) is 3. The second-order valence-electron chi connectivity index (χ2n) is 4.89. The van der Waals surface area contributed by atoms with Crippen LogP contribution in [0.25, 0.3) is 11.3 Å². The number of alkyl halides is 3. The van der Waals surface area contributed by atoms with Crippen LogP contribution in [0.4, 0.5) is 13.2 Å². The predicted molar refractivity (Wildman–Crippen MR) is 88.9 cm³/mol. The summed E-state index contributed by atoms with van der Waals surface area (Å²) in [5.41, 5.74) is -1.06. The van der Waals surface area contributed by atoms with Crippen LogP contribution >= 0.6 is 27.5 Å². The number of rotatable bonds is 4. The third kappa shape index (κ3) is 3.99. The number of ether oxygens (including phenoxy) is 1. The Hall–Kier alpha value is -1.98. The predicted octanol–water partition coefficient (Wildman–Crippen LogP) is 5.02. The van der Waals surface area contributed by atoms with E-state index in [0.717, 1.165) is 4.57 Å². The minimum absolute atomic E-state index is 0.0318. The second-order valence-corrected chi connectivity index (χ2v) is 6.12. The van der Waals surface area contributed by atoms with Gasteiger partial charge in [-0.05, 0) is 40.5 Å². The molecule has 0 atom stereocenters. The van der Waals surface area contributed by atoms with Gasteiger partial charge in [0.2, 0.25) is 0 Å². The average Bonchev–Trinajstić information content (AvgIpc) is 2.79. The van der Waals surface area contributed by atoms with Gasteiger partial charge in [0.1, 0.15) is 18.3 Å². The van der Waals surface area contributed by atoms with Gasteiger partial charge < -0.3 is 9.30 Å². The number of aromatic nitrogens is 1. The van der Waals surface area contributed by atoms with E-state index in [9.17, 15) is 23.2 Å². The molecular formula is C16H11BrClF3N2O2. The van der Waals surface area contributed by atoms with Gasteiger partial charge in [-0.2, -0.15) is 18.4 Å². The maximum atomic E-state index is 13.5. The number of halogens is 5. The van der Waals surface area contributed by atoms with E-state index in [0.29, 0.717) is 10.6 Å². The van der Waals surface area contributed by atoms with Crippen molar-refractivity contribution in [1.82, 2.24) is 4.57 Å². The molecule has 132 valence electrons. The number of hydrogen-bond donors (Lipinski definition) is 0. The van der Waals surface area contributed by atoms with Crippen LogP contribution in [0.5, 0.6) is 0 Å². The molecule has 0 fully saturated rings. The molecule has 0 unspecified atom stereocenters. The van der Waals surface area contributed by atoms with E-state index in [1.165, 1.54) is 24.3 Å². The van der Waals surface area contributed by atoms with Crippen LogP contribution in [0.3, 0.4) is 0 Å². The van der Waals surface area contributed by atoms with Crippen LogP contribution in [0.2, 0.25) is 5.02 Å². The Kier molecular flexibility index (Phi) is 5.80. The Labute approximate surface area is 154 Å². The second kappa shape index (κ2) is 7.50. The lowest BCUT2D eigenvalue weighted by atomic mass is 10.1. The van der Waals surface area contributed by atoms with Crippen LogP contribution in [-0.2, 0) is 22.3 Å². The van der Waals surface area contributed by atoms with Crippen LogP contribution in [0.1, 0.15) is 18.2 Å². The number of nitriles is 1. The van der Waals surface area contributed by atoms with Gasteiger partial charge in [-0.15, -0.1) is 0 Å². The van der Waals surface area contributed by atoms with E-state index < -0.39 is 28.9 Å². The smallest absolute Gasteiger partial charge is 0.432 e. The summed E-state index contributed by atoms with van der Waals surface area (Å²) >= 11 is 8.66. The zero-order valence-corrected chi connectivity index (χ0v) is 15.2. The van der Waals surface area contributed by atoms with E-state index in [1.54, 1.807) is 13.0 Å². The van der Waals surface area contributed by atoms with Crippen LogP contribution < -0.4 is 0 Å². The Morgan fingerprint density at radius 1 is 1.36 bits per heavy atom. The monoisotopic (exact) mass is 434 g/mol. The molecule has 0 N–H and O–H groups in total. The molecule has 0 aliphatic carbocycles. The largest absolute Gasteiger partial charge is 0.465 e. The molecule has 0 aliphatic rings. The van der Waals surface area contributed by atoms with E-state index in [4.69, 9.17) is 16.3 Å². The summed E-state index contributed by atoms with van der Waals surface area (Å²) in [5, 5.41) is 9.74. The summed E-state index contributed by atoms with van der Waals surface area (Å²) in [6.45, 7) is 0.903. The molecule has 2 aromatic rings. The van der Waals surface area contributed by atoms with E-state index in [2.05, 4.69) is 15.9 Å². The Morgan fingerprint density at radius 2 is 1.96 bits per heavy atom. The molecule has 0 aliphatic heterocycles.